The summed E-state index contributed by atoms with van der Waals surface area (Å²) in [4.78, 5) is 10.8. The normalized spacial score (nSPS) is 13.4. The molecule has 26 heavy (non-hydrogen) atoms. The molecule has 0 atom stereocenters. The molecule has 3 rings (SSSR count). The number of anilines is 2. The Hall–Kier alpha value is -2.23. The molecule has 0 spiro atoms. The number of rotatable bonds is 4. The molecule has 1 aliphatic rings. The van der Waals surface area contributed by atoms with E-state index in [1.54, 1.807) is 0 Å². The smallest absolute Gasteiger partial charge is 0.193 e. The number of benzene rings is 1. The second-order valence-electron chi connectivity index (χ2n) is 5.92. The molecule has 2 aromatic rings. The third kappa shape index (κ3) is 5.38. The van der Waals surface area contributed by atoms with Gasteiger partial charge < -0.3 is 25.4 Å². The summed E-state index contributed by atoms with van der Waals surface area (Å²) >= 11 is 0. The van der Waals surface area contributed by atoms with E-state index >= 15 is 0 Å². The second-order valence-corrected chi connectivity index (χ2v) is 5.92. The van der Waals surface area contributed by atoms with Crippen molar-refractivity contribution in [2.75, 3.05) is 37.5 Å². The van der Waals surface area contributed by atoms with Gasteiger partial charge in [0.1, 0.15) is 5.82 Å². The highest BCUT2D eigenvalue weighted by atomic mass is 127. The summed E-state index contributed by atoms with van der Waals surface area (Å²) < 4.78 is 11.3. The Balaban J connectivity index is 0.00000243. The second kappa shape index (κ2) is 9.46. The van der Waals surface area contributed by atoms with Gasteiger partial charge >= 0.3 is 0 Å². The van der Waals surface area contributed by atoms with Crippen molar-refractivity contribution >= 4 is 41.4 Å². The van der Waals surface area contributed by atoms with E-state index in [4.69, 9.17) is 15.2 Å². The Morgan fingerprint density at radius 1 is 1.19 bits per heavy atom. The van der Waals surface area contributed by atoms with E-state index in [9.17, 15) is 0 Å². The minimum atomic E-state index is 0. The summed E-state index contributed by atoms with van der Waals surface area (Å²) in [6.45, 7) is 1.72. The Morgan fingerprint density at radius 2 is 1.96 bits per heavy atom. The minimum absolute atomic E-state index is 0. The lowest BCUT2D eigenvalue weighted by Crippen LogP contribution is -2.22. The topological polar surface area (TPSA) is 85.0 Å². The SMILES string of the molecule is CN(C)c1cccc(CN=C(N)Nc2ccc3c(c2)OCCCO3)n1.I. The number of nitrogens with two attached hydrogens (primary N) is 1. The summed E-state index contributed by atoms with van der Waals surface area (Å²) in [5, 5.41) is 3.07. The van der Waals surface area contributed by atoms with Crippen LogP contribution in [0.15, 0.2) is 41.4 Å². The van der Waals surface area contributed by atoms with Gasteiger partial charge in [0.05, 0.1) is 25.5 Å². The molecule has 7 nitrogen and oxygen atoms in total. The van der Waals surface area contributed by atoms with Gasteiger partial charge in [-0.3, -0.25) is 0 Å². The van der Waals surface area contributed by atoms with Gasteiger partial charge in [-0.1, -0.05) is 6.07 Å². The maximum atomic E-state index is 5.99. The van der Waals surface area contributed by atoms with Gasteiger partial charge in [-0.2, -0.15) is 0 Å². The molecular weight excluding hydrogens is 445 g/mol. The molecule has 1 aliphatic heterocycles. The van der Waals surface area contributed by atoms with E-state index in [2.05, 4.69) is 15.3 Å². The molecule has 0 aliphatic carbocycles. The van der Waals surface area contributed by atoms with Crippen LogP contribution in [0.2, 0.25) is 0 Å². The first kappa shape index (κ1) is 20.1. The molecule has 8 heteroatoms. The minimum Gasteiger partial charge on any atom is -0.490 e. The number of nitrogens with one attached hydrogen (secondary N) is 1. The van der Waals surface area contributed by atoms with Crippen LogP contribution in [0.5, 0.6) is 11.5 Å². The number of halogens is 1. The maximum absolute atomic E-state index is 5.99. The highest BCUT2D eigenvalue weighted by Gasteiger charge is 2.10. The first-order valence-corrected chi connectivity index (χ1v) is 8.21. The predicted molar refractivity (Wildman–Crippen MR) is 115 cm³/mol. The number of hydrogen-bond acceptors (Lipinski definition) is 5. The fraction of sp³-hybridized carbons (Fsp3) is 0.333. The molecule has 1 aromatic heterocycles. The molecule has 0 bridgehead atoms. The van der Waals surface area contributed by atoms with E-state index in [1.165, 1.54) is 0 Å². The lowest BCUT2D eigenvalue weighted by atomic mass is 10.3. The van der Waals surface area contributed by atoms with Crippen molar-refractivity contribution in [3.8, 4) is 11.5 Å². The number of guanidine groups is 1. The lowest BCUT2D eigenvalue weighted by molar-refractivity contribution is 0.297. The van der Waals surface area contributed by atoms with Gasteiger partial charge in [0.25, 0.3) is 0 Å². The molecule has 0 saturated heterocycles. The fourth-order valence-electron chi connectivity index (χ4n) is 2.40. The molecule has 2 heterocycles. The highest BCUT2D eigenvalue weighted by Crippen LogP contribution is 2.32. The van der Waals surface area contributed by atoms with Crippen molar-refractivity contribution in [2.45, 2.75) is 13.0 Å². The summed E-state index contributed by atoms with van der Waals surface area (Å²) in [6.07, 6.45) is 0.875. The average Bonchev–Trinajstić information content (AvgIpc) is 2.85. The van der Waals surface area contributed by atoms with Crippen molar-refractivity contribution in [3.05, 3.63) is 42.1 Å². The van der Waals surface area contributed by atoms with Crippen LogP contribution in [-0.4, -0.2) is 38.3 Å². The van der Waals surface area contributed by atoms with Crippen LogP contribution < -0.4 is 25.4 Å². The number of fused-ring (bicyclic) bond motifs is 1. The number of aliphatic imine (C=N–C) groups is 1. The van der Waals surface area contributed by atoms with Crippen molar-refractivity contribution in [1.82, 2.24) is 4.98 Å². The summed E-state index contributed by atoms with van der Waals surface area (Å²) in [5.41, 5.74) is 7.65. The molecule has 0 radical (unpaired) electrons. The number of ether oxygens (including phenoxy) is 2. The van der Waals surface area contributed by atoms with Crippen molar-refractivity contribution in [2.24, 2.45) is 10.7 Å². The van der Waals surface area contributed by atoms with E-state index in [0.29, 0.717) is 25.7 Å². The summed E-state index contributed by atoms with van der Waals surface area (Å²) in [6, 6.07) is 11.5. The summed E-state index contributed by atoms with van der Waals surface area (Å²) in [7, 11) is 3.91. The van der Waals surface area contributed by atoms with Crippen LogP contribution in [0, 0.1) is 0 Å². The number of nitrogens with zero attached hydrogens (tertiary/aromatic N) is 3. The van der Waals surface area contributed by atoms with Crippen molar-refractivity contribution in [3.63, 3.8) is 0 Å². The quantitative estimate of drug-likeness (QED) is 0.407. The van der Waals surface area contributed by atoms with Crippen LogP contribution >= 0.6 is 24.0 Å². The van der Waals surface area contributed by atoms with Gasteiger partial charge in [-0.05, 0) is 24.3 Å². The Labute approximate surface area is 170 Å². The highest BCUT2D eigenvalue weighted by molar-refractivity contribution is 14.0. The molecule has 0 amide bonds. The molecule has 0 unspecified atom stereocenters. The number of aromatic nitrogens is 1. The van der Waals surface area contributed by atoms with Crippen LogP contribution in [0.1, 0.15) is 12.1 Å². The summed E-state index contributed by atoms with van der Waals surface area (Å²) in [5.74, 6) is 2.69. The Kier molecular flexibility index (Phi) is 7.31. The Bertz CT molecular complexity index is 767. The van der Waals surface area contributed by atoms with Gasteiger partial charge in [-0.15, -0.1) is 24.0 Å². The Morgan fingerprint density at radius 3 is 2.73 bits per heavy atom. The van der Waals surface area contributed by atoms with Crippen molar-refractivity contribution < 1.29 is 9.47 Å². The largest absolute Gasteiger partial charge is 0.490 e. The van der Waals surface area contributed by atoms with Crippen molar-refractivity contribution in [1.29, 1.82) is 0 Å². The van der Waals surface area contributed by atoms with Gasteiger partial charge in [-0.25, -0.2) is 9.98 Å². The first-order chi connectivity index (χ1) is 12.1. The van der Waals surface area contributed by atoms with E-state index in [1.807, 2.05) is 55.4 Å². The predicted octanol–water partition coefficient (Wildman–Crippen LogP) is 2.85. The molecule has 0 saturated carbocycles. The van der Waals surface area contributed by atoms with Crippen LogP contribution in [-0.2, 0) is 6.54 Å². The lowest BCUT2D eigenvalue weighted by Gasteiger charge is -2.12. The first-order valence-electron chi connectivity index (χ1n) is 8.21. The van der Waals surface area contributed by atoms with Crippen LogP contribution in [0.3, 0.4) is 0 Å². The molecule has 140 valence electrons. The van der Waals surface area contributed by atoms with Gasteiger partial charge in [0, 0.05) is 32.3 Å². The molecule has 1 aromatic carbocycles. The average molecular weight is 469 g/mol. The maximum Gasteiger partial charge on any atom is 0.193 e. The van der Waals surface area contributed by atoms with Gasteiger partial charge in [0.15, 0.2) is 17.5 Å². The zero-order chi connectivity index (χ0) is 17.6. The van der Waals surface area contributed by atoms with Gasteiger partial charge in [0.2, 0.25) is 0 Å². The van der Waals surface area contributed by atoms with Crippen LogP contribution in [0.4, 0.5) is 11.5 Å². The zero-order valence-electron chi connectivity index (χ0n) is 14.9. The fourth-order valence-corrected chi connectivity index (χ4v) is 2.40. The third-order valence-electron chi connectivity index (χ3n) is 3.68. The third-order valence-corrected chi connectivity index (χ3v) is 3.68. The van der Waals surface area contributed by atoms with E-state index in [0.717, 1.165) is 35.1 Å². The van der Waals surface area contributed by atoms with Crippen LogP contribution in [0.25, 0.3) is 0 Å². The molecular formula is C18H24IN5O2. The molecule has 0 fully saturated rings. The number of hydrogen-bond donors (Lipinski definition) is 2. The van der Waals surface area contributed by atoms with E-state index < -0.39 is 0 Å². The number of pyridine rings is 1. The standard InChI is InChI=1S/C18H23N5O2.HI/c1-23(2)17-6-3-5-14(21-17)12-20-18(19)22-13-7-8-15-16(11-13)25-10-4-9-24-15;/h3,5-8,11H,4,9-10,12H2,1-2H3,(H3,19,20,22);1H. The molecule has 3 N–H and O–H groups in total. The zero-order valence-corrected chi connectivity index (χ0v) is 17.3. The monoisotopic (exact) mass is 469 g/mol. The van der Waals surface area contributed by atoms with E-state index in [-0.39, 0.29) is 24.0 Å².